The fourth-order valence-corrected chi connectivity index (χ4v) is 2.26. The first-order valence-corrected chi connectivity index (χ1v) is 5.74. The van der Waals surface area contributed by atoms with E-state index in [-0.39, 0.29) is 0 Å². The van der Waals surface area contributed by atoms with Crippen LogP contribution in [0.5, 0.6) is 0 Å². The molecule has 5 heteroatoms. The van der Waals surface area contributed by atoms with Crippen LogP contribution in [0, 0.1) is 0 Å². The van der Waals surface area contributed by atoms with Crippen molar-refractivity contribution < 1.29 is 0 Å². The van der Waals surface area contributed by atoms with E-state index in [1.807, 2.05) is 6.07 Å². The second-order valence-electron chi connectivity index (χ2n) is 2.60. The molecule has 1 heterocycles. The lowest BCUT2D eigenvalue weighted by atomic mass is 10.2. The van der Waals surface area contributed by atoms with E-state index in [1.165, 1.54) is 11.3 Å². The van der Waals surface area contributed by atoms with Crippen molar-refractivity contribution >= 4 is 46.1 Å². The van der Waals surface area contributed by atoms with Crippen molar-refractivity contribution in [2.24, 2.45) is 0 Å². The molecule has 0 amide bonds. The van der Waals surface area contributed by atoms with Gasteiger partial charge in [0.05, 0.1) is 10.0 Å². The molecule has 0 fully saturated rings. The van der Waals surface area contributed by atoms with Gasteiger partial charge in [-0.25, -0.2) is 4.98 Å². The zero-order chi connectivity index (χ0) is 10.1. The number of thiazole rings is 1. The van der Waals surface area contributed by atoms with Crippen molar-refractivity contribution in [2.45, 2.75) is 0 Å². The summed E-state index contributed by atoms with van der Waals surface area (Å²) in [4.78, 5) is 4.13. The number of halogens is 3. The molecule has 0 N–H and O–H groups in total. The fraction of sp³-hybridized carbons (Fsp3) is 0. The topological polar surface area (TPSA) is 12.9 Å². The Morgan fingerprint density at radius 1 is 1.07 bits per heavy atom. The quantitative estimate of drug-likeness (QED) is 0.723. The first kappa shape index (κ1) is 10.2. The number of benzene rings is 1. The van der Waals surface area contributed by atoms with E-state index in [4.69, 9.17) is 34.8 Å². The minimum absolute atomic E-state index is 0.496. The molecule has 1 nitrogen and oxygen atoms in total. The highest BCUT2D eigenvalue weighted by atomic mass is 35.5. The smallest absolute Gasteiger partial charge is 0.140 e. The molecule has 0 atom stereocenters. The van der Waals surface area contributed by atoms with Crippen LogP contribution in [0.25, 0.3) is 10.6 Å². The van der Waals surface area contributed by atoms with Gasteiger partial charge in [-0.05, 0) is 12.1 Å². The Morgan fingerprint density at radius 2 is 1.86 bits per heavy atom. The minimum atomic E-state index is 0.496. The predicted octanol–water partition coefficient (Wildman–Crippen LogP) is 4.77. The number of hydrogen-bond donors (Lipinski definition) is 0. The van der Waals surface area contributed by atoms with E-state index in [0.29, 0.717) is 15.2 Å². The molecule has 2 rings (SSSR count). The van der Waals surface area contributed by atoms with Crippen LogP contribution in [-0.2, 0) is 0 Å². The summed E-state index contributed by atoms with van der Waals surface area (Å²) < 4.78 is 0. The number of rotatable bonds is 1. The third-order valence-electron chi connectivity index (χ3n) is 1.64. The number of hydrogen-bond acceptors (Lipinski definition) is 2. The molecule has 0 unspecified atom stereocenters. The SMILES string of the molecule is Clc1csc(-c2ccc(Cl)c(Cl)c2)n1. The van der Waals surface area contributed by atoms with Gasteiger partial charge in [-0.2, -0.15) is 0 Å². The summed E-state index contributed by atoms with van der Waals surface area (Å²) in [5, 5.41) is 4.18. The van der Waals surface area contributed by atoms with E-state index in [2.05, 4.69) is 4.98 Å². The Kier molecular flexibility index (Phi) is 2.98. The molecule has 0 saturated carbocycles. The Balaban J connectivity index is 2.47. The summed E-state index contributed by atoms with van der Waals surface area (Å²) in [6.45, 7) is 0. The fourth-order valence-electron chi connectivity index (χ4n) is 1.02. The lowest BCUT2D eigenvalue weighted by Crippen LogP contribution is -1.76. The van der Waals surface area contributed by atoms with Crippen molar-refractivity contribution in [1.82, 2.24) is 4.98 Å². The second kappa shape index (κ2) is 4.07. The average molecular weight is 265 g/mol. The molecule has 0 saturated heterocycles. The summed E-state index contributed by atoms with van der Waals surface area (Å²) in [5.74, 6) is 0. The maximum Gasteiger partial charge on any atom is 0.140 e. The molecule has 2 aromatic rings. The van der Waals surface area contributed by atoms with Gasteiger partial charge in [0.25, 0.3) is 0 Å². The van der Waals surface area contributed by atoms with Gasteiger partial charge in [0.2, 0.25) is 0 Å². The molecule has 0 spiro atoms. The molecular weight excluding hydrogens is 261 g/mol. The minimum Gasteiger partial charge on any atom is -0.224 e. The van der Waals surface area contributed by atoms with Crippen LogP contribution in [0.4, 0.5) is 0 Å². The third kappa shape index (κ3) is 2.04. The molecule has 72 valence electrons. The van der Waals surface area contributed by atoms with Crippen molar-refractivity contribution in [2.75, 3.05) is 0 Å². The molecule has 0 bridgehead atoms. The summed E-state index contributed by atoms with van der Waals surface area (Å²) in [6.07, 6.45) is 0. The Bertz CT molecular complexity index is 467. The molecule has 0 aliphatic rings. The predicted molar refractivity (Wildman–Crippen MR) is 62.6 cm³/mol. The number of aromatic nitrogens is 1. The van der Waals surface area contributed by atoms with Crippen molar-refractivity contribution in [3.8, 4) is 10.6 Å². The summed E-state index contributed by atoms with van der Waals surface area (Å²) in [5.41, 5.74) is 0.927. The van der Waals surface area contributed by atoms with E-state index < -0.39 is 0 Å². The molecule has 0 aliphatic carbocycles. The first-order chi connectivity index (χ1) is 6.66. The molecule has 0 radical (unpaired) electrons. The first-order valence-electron chi connectivity index (χ1n) is 3.73. The van der Waals surface area contributed by atoms with Gasteiger partial charge < -0.3 is 0 Å². The third-order valence-corrected chi connectivity index (χ3v) is 3.60. The van der Waals surface area contributed by atoms with Crippen LogP contribution in [-0.4, -0.2) is 4.98 Å². The lowest BCUT2D eigenvalue weighted by Gasteiger charge is -1.98. The molecule has 0 aliphatic heterocycles. The van der Waals surface area contributed by atoms with E-state index in [9.17, 15) is 0 Å². The van der Waals surface area contributed by atoms with Crippen molar-refractivity contribution in [3.63, 3.8) is 0 Å². The van der Waals surface area contributed by atoms with Gasteiger partial charge in [0.1, 0.15) is 10.2 Å². The zero-order valence-electron chi connectivity index (χ0n) is 6.80. The largest absolute Gasteiger partial charge is 0.224 e. The highest BCUT2D eigenvalue weighted by Gasteiger charge is 2.05. The summed E-state index contributed by atoms with van der Waals surface area (Å²) in [7, 11) is 0. The highest BCUT2D eigenvalue weighted by Crippen LogP contribution is 2.30. The monoisotopic (exact) mass is 263 g/mol. The van der Waals surface area contributed by atoms with Crippen LogP contribution in [0.2, 0.25) is 15.2 Å². The van der Waals surface area contributed by atoms with Crippen LogP contribution < -0.4 is 0 Å². The summed E-state index contributed by atoms with van der Waals surface area (Å²) >= 11 is 18.9. The normalized spacial score (nSPS) is 10.5. The Hall–Kier alpha value is -0.280. The Morgan fingerprint density at radius 3 is 2.43 bits per heavy atom. The second-order valence-corrected chi connectivity index (χ2v) is 4.66. The van der Waals surface area contributed by atoms with E-state index in [1.54, 1.807) is 17.5 Å². The van der Waals surface area contributed by atoms with E-state index in [0.717, 1.165) is 10.6 Å². The van der Waals surface area contributed by atoms with Crippen LogP contribution >= 0.6 is 46.1 Å². The van der Waals surface area contributed by atoms with Gasteiger partial charge in [0, 0.05) is 10.9 Å². The molecule has 1 aromatic carbocycles. The Labute approximate surface area is 100 Å². The number of nitrogens with zero attached hydrogens (tertiary/aromatic N) is 1. The van der Waals surface area contributed by atoms with Crippen LogP contribution in [0.3, 0.4) is 0 Å². The highest BCUT2D eigenvalue weighted by molar-refractivity contribution is 7.13. The van der Waals surface area contributed by atoms with Gasteiger partial charge in [-0.3, -0.25) is 0 Å². The van der Waals surface area contributed by atoms with Gasteiger partial charge in [0.15, 0.2) is 0 Å². The summed E-state index contributed by atoms with van der Waals surface area (Å²) in [6, 6.07) is 5.39. The molecule has 14 heavy (non-hydrogen) atoms. The van der Waals surface area contributed by atoms with E-state index >= 15 is 0 Å². The van der Waals surface area contributed by atoms with Gasteiger partial charge in [-0.1, -0.05) is 40.9 Å². The maximum absolute atomic E-state index is 5.88. The van der Waals surface area contributed by atoms with Crippen molar-refractivity contribution in [1.29, 1.82) is 0 Å². The van der Waals surface area contributed by atoms with Crippen LogP contribution in [0.15, 0.2) is 23.6 Å². The average Bonchev–Trinajstić information content (AvgIpc) is 2.57. The van der Waals surface area contributed by atoms with Crippen LogP contribution in [0.1, 0.15) is 0 Å². The zero-order valence-corrected chi connectivity index (χ0v) is 9.88. The van der Waals surface area contributed by atoms with Crippen molar-refractivity contribution in [3.05, 3.63) is 38.8 Å². The maximum atomic E-state index is 5.88. The standard InChI is InChI=1S/C9H4Cl3NS/c10-6-2-1-5(3-7(6)11)9-13-8(12)4-14-9/h1-4H. The molecular formula is C9H4Cl3NS. The van der Waals surface area contributed by atoms with Gasteiger partial charge >= 0.3 is 0 Å². The lowest BCUT2D eigenvalue weighted by molar-refractivity contribution is 1.41. The molecule has 1 aromatic heterocycles. The van der Waals surface area contributed by atoms with Gasteiger partial charge in [-0.15, -0.1) is 11.3 Å².